The Kier molecular flexibility index (Phi) is 5.81. The zero-order chi connectivity index (χ0) is 18.5. The molecule has 3 aromatic rings. The molecule has 3 heterocycles. The van der Waals surface area contributed by atoms with Crippen molar-refractivity contribution >= 4 is 28.5 Å². The second-order valence-electron chi connectivity index (χ2n) is 6.75. The van der Waals surface area contributed by atoms with E-state index in [-0.39, 0.29) is 0 Å². The predicted molar refractivity (Wildman–Crippen MR) is 105 cm³/mol. The molecule has 8 heteroatoms. The predicted octanol–water partition coefficient (Wildman–Crippen LogP) is 1.25. The van der Waals surface area contributed by atoms with Gasteiger partial charge in [0.25, 0.3) is 0 Å². The number of quaternary nitrogens is 1. The summed E-state index contributed by atoms with van der Waals surface area (Å²) in [7, 11) is 0. The lowest BCUT2D eigenvalue weighted by molar-refractivity contribution is -0.908. The first kappa shape index (κ1) is 18.2. The van der Waals surface area contributed by atoms with Gasteiger partial charge in [-0.2, -0.15) is 5.10 Å². The number of benzene rings is 1. The number of hydrogen-bond acceptors (Lipinski definition) is 5. The van der Waals surface area contributed by atoms with Gasteiger partial charge in [0, 0.05) is 18.0 Å². The lowest BCUT2D eigenvalue weighted by Gasteiger charge is -2.23. The van der Waals surface area contributed by atoms with Gasteiger partial charge in [-0.3, -0.25) is 0 Å². The van der Waals surface area contributed by atoms with Gasteiger partial charge in [0.2, 0.25) is 0 Å². The van der Waals surface area contributed by atoms with Crippen LogP contribution in [0.15, 0.2) is 36.8 Å². The second-order valence-corrected chi connectivity index (χ2v) is 7.15. The molecule has 7 nitrogen and oxygen atoms in total. The first-order valence-corrected chi connectivity index (χ1v) is 9.74. The van der Waals surface area contributed by atoms with Crippen LogP contribution in [-0.4, -0.2) is 59.1 Å². The SMILES string of the molecule is Clc1ccccc1Cn1ncc2c(NCCC[NH+]3CCOCC3)ncnc21. The average Bonchev–Trinajstić information content (AvgIpc) is 3.11. The fourth-order valence-electron chi connectivity index (χ4n) is 3.39. The van der Waals surface area contributed by atoms with Crippen LogP contribution in [0.5, 0.6) is 0 Å². The van der Waals surface area contributed by atoms with E-state index in [0.29, 0.717) is 6.54 Å². The zero-order valence-corrected chi connectivity index (χ0v) is 16.0. The summed E-state index contributed by atoms with van der Waals surface area (Å²) in [5.41, 5.74) is 1.83. The van der Waals surface area contributed by atoms with Crippen LogP contribution in [0.2, 0.25) is 5.02 Å². The van der Waals surface area contributed by atoms with Crippen molar-refractivity contribution in [2.24, 2.45) is 0 Å². The third-order valence-corrected chi connectivity index (χ3v) is 5.28. The number of morpholine rings is 1. The summed E-state index contributed by atoms with van der Waals surface area (Å²) in [5.74, 6) is 0.836. The molecule has 0 aliphatic carbocycles. The largest absolute Gasteiger partial charge is 0.370 e. The molecule has 1 aliphatic heterocycles. The van der Waals surface area contributed by atoms with E-state index in [0.717, 1.165) is 73.3 Å². The minimum Gasteiger partial charge on any atom is -0.370 e. The maximum atomic E-state index is 6.28. The lowest BCUT2D eigenvalue weighted by atomic mass is 10.2. The molecular weight excluding hydrogens is 364 g/mol. The summed E-state index contributed by atoms with van der Waals surface area (Å²) in [6.07, 6.45) is 4.50. The Morgan fingerprint density at radius 1 is 1.19 bits per heavy atom. The Hall–Kier alpha value is -2.22. The van der Waals surface area contributed by atoms with Crippen molar-refractivity contribution in [3.05, 3.63) is 47.4 Å². The topological polar surface area (TPSA) is 69.3 Å². The Bertz CT molecular complexity index is 893. The van der Waals surface area contributed by atoms with Gasteiger partial charge in [-0.1, -0.05) is 29.8 Å². The minimum atomic E-state index is 0.583. The highest BCUT2D eigenvalue weighted by Gasteiger charge is 2.14. The van der Waals surface area contributed by atoms with Crippen molar-refractivity contribution in [3.8, 4) is 0 Å². The number of rotatable bonds is 7. The highest BCUT2D eigenvalue weighted by Crippen LogP contribution is 2.21. The number of hydrogen-bond donors (Lipinski definition) is 2. The van der Waals surface area contributed by atoms with Crippen LogP contribution in [-0.2, 0) is 11.3 Å². The molecule has 0 atom stereocenters. The Balaban J connectivity index is 1.40. The molecule has 1 fully saturated rings. The summed E-state index contributed by atoms with van der Waals surface area (Å²) >= 11 is 6.28. The van der Waals surface area contributed by atoms with Gasteiger partial charge in [-0.05, 0) is 11.6 Å². The van der Waals surface area contributed by atoms with E-state index in [1.165, 1.54) is 0 Å². The van der Waals surface area contributed by atoms with E-state index >= 15 is 0 Å². The van der Waals surface area contributed by atoms with Crippen molar-refractivity contribution in [2.75, 3.05) is 44.7 Å². The smallest absolute Gasteiger partial charge is 0.163 e. The van der Waals surface area contributed by atoms with E-state index in [1.807, 2.05) is 35.1 Å². The average molecular weight is 388 g/mol. The van der Waals surface area contributed by atoms with E-state index in [4.69, 9.17) is 16.3 Å². The first-order chi connectivity index (χ1) is 13.3. The van der Waals surface area contributed by atoms with Crippen LogP contribution in [0, 0.1) is 0 Å². The molecule has 4 rings (SSSR count). The molecular formula is C19H24ClN6O+. The molecule has 2 N–H and O–H groups in total. The maximum absolute atomic E-state index is 6.28. The van der Waals surface area contributed by atoms with Gasteiger partial charge >= 0.3 is 0 Å². The van der Waals surface area contributed by atoms with E-state index < -0.39 is 0 Å². The summed E-state index contributed by atoms with van der Waals surface area (Å²) in [4.78, 5) is 10.4. The van der Waals surface area contributed by atoms with Crippen LogP contribution >= 0.6 is 11.6 Å². The van der Waals surface area contributed by atoms with Gasteiger partial charge in [-0.25, -0.2) is 14.6 Å². The Labute approximate surface area is 163 Å². The monoisotopic (exact) mass is 387 g/mol. The Morgan fingerprint density at radius 2 is 2.04 bits per heavy atom. The van der Waals surface area contributed by atoms with Gasteiger partial charge in [0.1, 0.15) is 25.2 Å². The number of ether oxygens (including phenoxy) is 1. The van der Waals surface area contributed by atoms with Crippen LogP contribution < -0.4 is 10.2 Å². The molecule has 0 radical (unpaired) electrons. The molecule has 1 aromatic carbocycles. The van der Waals surface area contributed by atoms with Crippen molar-refractivity contribution < 1.29 is 9.64 Å². The highest BCUT2D eigenvalue weighted by atomic mass is 35.5. The Morgan fingerprint density at radius 3 is 2.89 bits per heavy atom. The van der Waals surface area contributed by atoms with Crippen molar-refractivity contribution in [1.82, 2.24) is 19.7 Å². The van der Waals surface area contributed by atoms with Gasteiger partial charge < -0.3 is 15.0 Å². The van der Waals surface area contributed by atoms with Crippen molar-refractivity contribution in [1.29, 1.82) is 0 Å². The number of anilines is 1. The quantitative estimate of drug-likeness (QED) is 0.597. The highest BCUT2D eigenvalue weighted by molar-refractivity contribution is 6.31. The molecule has 0 amide bonds. The standard InChI is InChI=1S/C19H23ClN6O/c20-17-5-2-1-4-15(17)13-26-19-16(12-24-26)18(22-14-23-19)21-6-3-7-25-8-10-27-11-9-25/h1-2,4-5,12,14H,3,6-11,13H2,(H,21,22,23)/p+1. The second kappa shape index (κ2) is 8.65. The zero-order valence-electron chi connectivity index (χ0n) is 15.2. The third kappa shape index (κ3) is 4.37. The number of nitrogens with one attached hydrogen (secondary N) is 2. The molecule has 0 bridgehead atoms. The third-order valence-electron chi connectivity index (χ3n) is 4.91. The molecule has 1 saturated heterocycles. The van der Waals surface area contributed by atoms with Gasteiger partial charge in [0.15, 0.2) is 5.65 Å². The number of halogens is 1. The molecule has 0 spiro atoms. The first-order valence-electron chi connectivity index (χ1n) is 9.36. The summed E-state index contributed by atoms with van der Waals surface area (Å²) in [6, 6.07) is 7.80. The summed E-state index contributed by atoms with van der Waals surface area (Å²) in [5, 5.41) is 9.60. The van der Waals surface area contributed by atoms with Crippen molar-refractivity contribution in [2.45, 2.75) is 13.0 Å². The van der Waals surface area contributed by atoms with Gasteiger partial charge in [0.05, 0.1) is 37.9 Å². The van der Waals surface area contributed by atoms with Crippen LogP contribution in [0.1, 0.15) is 12.0 Å². The summed E-state index contributed by atoms with van der Waals surface area (Å²) in [6.45, 7) is 6.57. The lowest BCUT2D eigenvalue weighted by Crippen LogP contribution is -3.14. The van der Waals surface area contributed by atoms with Crippen LogP contribution in [0.3, 0.4) is 0 Å². The minimum absolute atomic E-state index is 0.583. The number of nitrogens with zero attached hydrogens (tertiary/aromatic N) is 4. The number of aromatic nitrogens is 4. The number of fused-ring (bicyclic) bond motifs is 1. The van der Waals surface area contributed by atoms with E-state index in [9.17, 15) is 0 Å². The van der Waals surface area contributed by atoms with E-state index in [1.54, 1.807) is 11.2 Å². The van der Waals surface area contributed by atoms with E-state index in [2.05, 4.69) is 20.4 Å². The summed E-state index contributed by atoms with van der Waals surface area (Å²) < 4.78 is 7.27. The fraction of sp³-hybridized carbons (Fsp3) is 0.421. The molecule has 2 aromatic heterocycles. The molecule has 142 valence electrons. The maximum Gasteiger partial charge on any atom is 0.163 e. The molecule has 1 aliphatic rings. The van der Waals surface area contributed by atoms with Crippen molar-refractivity contribution in [3.63, 3.8) is 0 Å². The van der Waals surface area contributed by atoms with Crippen LogP contribution in [0.4, 0.5) is 5.82 Å². The molecule has 0 unspecified atom stereocenters. The fourth-order valence-corrected chi connectivity index (χ4v) is 3.59. The molecule has 0 saturated carbocycles. The van der Waals surface area contributed by atoms with Crippen LogP contribution in [0.25, 0.3) is 11.0 Å². The molecule has 27 heavy (non-hydrogen) atoms. The van der Waals surface area contributed by atoms with Gasteiger partial charge in [-0.15, -0.1) is 0 Å². The normalized spacial score (nSPS) is 15.3.